The van der Waals surface area contributed by atoms with E-state index in [0.717, 1.165) is 19.2 Å². The van der Waals surface area contributed by atoms with Crippen molar-refractivity contribution in [3.05, 3.63) is 0 Å². The molecule has 0 aromatic carbocycles. The quantitative estimate of drug-likeness (QED) is 0.736. The van der Waals surface area contributed by atoms with Gasteiger partial charge in [0.2, 0.25) is 0 Å². The van der Waals surface area contributed by atoms with Crippen LogP contribution in [0.3, 0.4) is 0 Å². The van der Waals surface area contributed by atoms with Crippen LogP contribution in [0.25, 0.3) is 0 Å². The van der Waals surface area contributed by atoms with Crippen molar-refractivity contribution in [1.29, 1.82) is 0 Å². The van der Waals surface area contributed by atoms with Gasteiger partial charge in [0.05, 0.1) is 6.10 Å². The van der Waals surface area contributed by atoms with Crippen LogP contribution in [0.5, 0.6) is 0 Å². The minimum atomic E-state index is 0.533. The lowest BCUT2D eigenvalue weighted by Gasteiger charge is -2.36. The van der Waals surface area contributed by atoms with Crippen molar-refractivity contribution in [3.63, 3.8) is 0 Å². The summed E-state index contributed by atoms with van der Waals surface area (Å²) in [6.45, 7) is 5.28. The molecule has 1 aliphatic carbocycles. The number of rotatable bonds is 6. The summed E-state index contributed by atoms with van der Waals surface area (Å²) in [6, 6.07) is 1.45. The molecule has 0 bridgehead atoms. The van der Waals surface area contributed by atoms with Gasteiger partial charge in [-0.25, -0.2) is 0 Å². The van der Waals surface area contributed by atoms with Crippen LogP contribution in [-0.4, -0.2) is 49.4 Å². The largest absolute Gasteiger partial charge is 0.378 e. The summed E-state index contributed by atoms with van der Waals surface area (Å²) in [7, 11) is 0. The van der Waals surface area contributed by atoms with Crippen molar-refractivity contribution < 1.29 is 4.74 Å². The van der Waals surface area contributed by atoms with E-state index in [1.54, 1.807) is 0 Å². The Labute approximate surface area is 103 Å². The lowest BCUT2D eigenvalue weighted by molar-refractivity contribution is -0.00982. The smallest absolute Gasteiger partial charge is 0.0604 e. The Morgan fingerprint density at radius 3 is 3.00 bits per heavy atom. The molecular weight excluding hydrogens is 220 g/mol. The summed E-state index contributed by atoms with van der Waals surface area (Å²) in [6.07, 6.45) is 4.22. The average Bonchev–Trinajstić information content (AvgIpc) is 2.27. The minimum Gasteiger partial charge on any atom is -0.378 e. The molecule has 0 amide bonds. The Morgan fingerprint density at radius 2 is 2.31 bits per heavy atom. The van der Waals surface area contributed by atoms with Gasteiger partial charge < -0.3 is 15.4 Å². The van der Waals surface area contributed by atoms with Gasteiger partial charge in [0, 0.05) is 36.7 Å². The average molecular weight is 244 g/mol. The Balaban J connectivity index is 1.46. The molecule has 1 atom stereocenters. The van der Waals surface area contributed by atoms with Gasteiger partial charge in [0.15, 0.2) is 0 Å². The molecule has 1 heterocycles. The number of nitrogens with one attached hydrogen (secondary N) is 2. The van der Waals surface area contributed by atoms with Crippen LogP contribution >= 0.6 is 11.8 Å². The lowest BCUT2D eigenvalue weighted by atomic mass is 9.89. The summed E-state index contributed by atoms with van der Waals surface area (Å²) in [5.41, 5.74) is 0. The number of thioether (sulfide) groups is 1. The summed E-state index contributed by atoms with van der Waals surface area (Å²) in [5, 5.41) is 7.20. The molecule has 4 heteroatoms. The van der Waals surface area contributed by atoms with Crippen LogP contribution in [0.4, 0.5) is 0 Å². The van der Waals surface area contributed by atoms with Crippen LogP contribution in [-0.2, 0) is 4.74 Å². The van der Waals surface area contributed by atoms with Crippen LogP contribution in [0.15, 0.2) is 0 Å². The van der Waals surface area contributed by atoms with E-state index in [2.05, 4.69) is 29.3 Å². The van der Waals surface area contributed by atoms with E-state index in [1.807, 2.05) is 0 Å². The van der Waals surface area contributed by atoms with Crippen LogP contribution in [0, 0.1) is 0 Å². The first-order valence-corrected chi connectivity index (χ1v) is 7.70. The zero-order chi connectivity index (χ0) is 11.2. The lowest BCUT2D eigenvalue weighted by Crippen LogP contribution is -2.47. The third-order valence-corrected chi connectivity index (χ3v) is 4.55. The number of ether oxygens (including phenoxy) is 1. The molecule has 1 unspecified atom stereocenters. The molecule has 94 valence electrons. The molecular formula is C12H24N2OS. The van der Waals surface area contributed by atoms with Gasteiger partial charge in [0.25, 0.3) is 0 Å². The fourth-order valence-corrected chi connectivity index (χ4v) is 3.37. The van der Waals surface area contributed by atoms with Crippen molar-refractivity contribution in [2.75, 3.05) is 31.2 Å². The van der Waals surface area contributed by atoms with E-state index in [4.69, 9.17) is 4.74 Å². The molecule has 2 rings (SSSR count). The second kappa shape index (κ2) is 6.84. The maximum Gasteiger partial charge on any atom is 0.0604 e. The van der Waals surface area contributed by atoms with Crippen LogP contribution < -0.4 is 10.6 Å². The van der Waals surface area contributed by atoms with E-state index in [9.17, 15) is 0 Å². The van der Waals surface area contributed by atoms with Crippen molar-refractivity contribution in [1.82, 2.24) is 10.6 Å². The molecule has 1 saturated carbocycles. The van der Waals surface area contributed by atoms with E-state index in [1.165, 1.54) is 37.3 Å². The molecule has 2 fully saturated rings. The standard InChI is InChI=1S/C12H24N2OS/c1-2-15-12-7-11(8-12)13-4-3-10-9-16-6-5-14-10/h10-14H,2-9H2,1H3. The van der Waals surface area contributed by atoms with Crippen LogP contribution in [0.1, 0.15) is 26.2 Å². The number of hydrogen-bond donors (Lipinski definition) is 2. The maximum absolute atomic E-state index is 5.55. The highest BCUT2D eigenvalue weighted by atomic mass is 32.2. The Hall–Kier alpha value is 0.230. The van der Waals surface area contributed by atoms with Gasteiger partial charge >= 0.3 is 0 Å². The monoisotopic (exact) mass is 244 g/mol. The fourth-order valence-electron chi connectivity index (χ4n) is 2.37. The van der Waals surface area contributed by atoms with Gasteiger partial charge in [0.1, 0.15) is 0 Å². The normalized spacial score (nSPS) is 34.7. The topological polar surface area (TPSA) is 33.3 Å². The van der Waals surface area contributed by atoms with E-state index in [0.29, 0.717) is 12.1 Å². The SMILES string of the molecule is CCOC1CC(NCCC2CSCCN2)C1. The first-order chi connectivity index (χ1) is 7.88. The minimum absolute atomic E-state index is 0.533. The van der Waals surface area contributed by atoms with Gasteiger partial charge in [-0.1, -0.05) is 0 Å². The molecule has 1 aliphatic heterocycles. The molecule has 0 aromatic rings. The first kappa shape index (κ1) is 12.7. The fraction of sp³-hybridized carbons (Fsp3) is 1.00. The molecule has 3 nitrogen and oxygen atoms in total. The van der Waals surface area contributed by atoms with Gasteiger partial charge in [-0.3, -0.25) is 0 Å². The first-order valence-electron chi connectivity index (χ1n) is 6.54. The third kappa shape index (κ3) is 3.91. The maximum atomic E-state index is 5.55. The summed E-state index contributed by atoms with van der Waals surface area (Å²) in [4.78, 5) is 0. The zero-order valence-electron chi connectivity index (χ0n) is 10.2. The summed E-state index contributed by atoms with van der Waals surface area (Å²) in [5.74, 6) is 2.57. The van der Waals surface area contributed by atoms with Crippen molar-refractivity contribution in [2.24, 2.45) is 0 Å². The van der Waals surface area contributed by atoms with E-state index in [-0.39, 0.29) is 0 Å². The molecule has 0 spiro atoms. The molecule has 2 N–H and O–H groups in total. The molecule has 16 heavy (non-hydrogen) atoms. The molecule has 0 radical (unpaired) electrons. The molecule has 0 aromatic heterocycles. The highest BCUT2D eigenvalue weighted by molar-refractivity contribution is 7.99. The zero-order valence-corrected chi connectivity index (χ0v) is 11.0. The molecule has 2 aliphatic rings. The van der Waals surface area contributed by atoms with Gasteiger partial charge in [-0.2, -0.15) is 11.8 Å². The van der Waals surface area contributed by atoms with Crippen molar-refractivity contribution in [2.45, 2.75) is 44.4 Å². The van der Waals surface area contributed by atoms with E-state index >= 15 is 0 Å². The van der Waals surface area contributed by atoms with Gasteiger partial charge in [-0.15, -0.1) is 0 Å². The van der Waals surface area contributed by atoms with Crippen molar-refractivity contribution in [3.8, 4) is 0 Å². The second-order valence-corrected chi connectivity index (χ2v) is 5.86. The second-order valence-electron chi connectivity index (χ2n) is 4.71. The highest BCUT2D eigenvalue weighted by Crippen LogP contribution is 2.23. The highest BCUT2D eigenvalue weighted by Gasteiger charge is 2.28. The summed E-state index contributed by atoms with van der Waals surface area (Å²) < 4.78 is 5.55. The van der Waals surface area contributed by atoms with E-state index < -0.39 is 0 Å². The Morgan fingerprint density at radius 1 is 1.44 bits per heavy atom. The van der Waals surface area contributed by atoms with Crippen LogP contribution in [0.2, 0.25) is 0 Å². The number of hydrogen-bond acceptors (Lipinski definition) is 4. The Bertz CT molecular complexity index is 191. The van der Waals surface area contributed by atoms with Gasteiger partial charge in [-0.05, 0) is 32.7 Å². The Kier molecular flexibility index (Phi) is 5.42. The predicted molar refractivity (Wildman–Crippen MR) is 70.2 cm³/mol. The third-order valence-electron chi connectivity index (χ3n) is 3.42. The summed E-state index contributed by atoms with van der Waals surface area (Å²) >= 11 is 2.08. The molecule has 1 saturated heterocycles. The predicted octanol–water partition coefficient (Wildman–Crippen LogP) is 1.24. The van der Waals surface area contributed by atoms with Crippen molar-refractivity contribution >= 4 is 11.8 Å².